The molecule has 0 aromatic heterocycles. The molecule has 0 bridgehead atoms. The summed E-state index contributed by atoms with van der Waals surface area (Å²) in [5.41, 5.74) is 6.42. The molecule has 31 heavy (non-hydrogen) atoms. The number of nitrogens with zero attached hydrogens (tertiary/aromatic N) is 1. The summed E-state index contributed by atoms with van der Waals surface area (Å²) in [7, 11) is 0. The third-order valence-corrected chi connectivity index (χ3v) is 5.07. The van der Waals surface area contributed by atoms with Crippen molar-refractivity contribution in [1.29, 1.82) is 0 Å². The van der Waals surface area contributed by atoms with E-state index in [-0.39, 0.29) is 11.4 Å². The Morgan fingerprint density at radius 2 is 1.42 bits per heavy atom. The normalized spacial score (nSPS) is 10.8. The van der Waals surface area contributed by atoms with E-state index in [1.807, 2.05) is 31.2 Å². The zero-order chi connectivity index (χ0) is 22.5. The van der Waals surface area contributed by atoms with Gasteiger partial charge in [0.15, 0.2) is 0 Å². The van der Waals surface area contributed by atoms with E-state index in [4.69, 9.17) is 9.47 Å². The first-order valence-corrected chi connectivity index (χ1v) is 9.73. The van der Waals surface area contributed by atoms with Crippen LogP contribution >= 0.6 is 0 Å². The van der Waals surface area contributed by atoms with Gasteiger partial charge in [0.05, 0.1) is 4.92 Å². The van der Waals surface area contributed by atoms with Crippen LogP contribution < -0.4 is 9.47 Å². The van der Waals surface area contributed by atoms with Crippen molar-refractivity contribution in [1.82, 2.24) is 0 Å². The van der Waals surface area contributed by atoms with Gasteiger partial charge >= 0.3 is 6.16 Å². The average molecular weight is 417 g/mol. The van der Waals surface area contributed by atoms with Crippen LogP contribution in [0.15, 0.2) is 54.6 Å². The SMILES string of the molecule is Cc1ccc(/C=C\c2cc(C)c(C)c(C)c2)cc1OC(=O)Oc1ccc([N+](=O)[O-])cc1. The number of ether oxygens (including phenoxy) is 2. The fourth-order valence-electron chi connectivity index (χ4n) is 3.03. The Morgan fingerprint density at radius 1 is 0.806 bits per heavy atom. The molecule has 158 valence electrons. The first-order valence-electron chi connectivity index (χ1n) is 9.73. The topological polar surface area (TPSA) is 78.7 Å². The van der Waals surface area contributed by atoms with E-state index in [1.54, 1.807) is 6.07 Å². The molecule has 3 aromatic carbocycles. The number of hydrogen-bond acceptors (Lipinski definition) is 5. The van der Waals surface area contributed by atoms with Gasteiger partial charge in [-0.3, -0.25) is 10.1 Å². The second-order valence-corrected chi connectivity index (χ2v) is 7.34. The number of carbonyl (C=O) groups is 1. The highest BCUT2D eigenvalue weighted by Crippen LogP contribution is 2.24. The summed E-state index contributed by atoms with van der Waals surface area (Å²) in [6.45, 7) is 8.12. The zero-order valence-corrected chi connectivity index (χ0v) is 17.8. The quantitative estimate of drug-likeness (QED) is 0.154. The highest BCUT2D eigenvalue weighted by atomic mass is 16.7. The molecule has 6 nitrogen and oxygen atoms in total. The van der Waals surface area contributed by atoms with Crippen molar-refractivity contribution < 1.29 is 19.2 Å². The van der Waals surface area contributed by atoms with Crippen LogP contribution in [-0.4, -0.2) is 11.1 Å². The molecule has 6 heteroatoms. The molecule has 0 unspecified atom stereocenters. The molecule has 0 heterocycles. The highest BCUT2D eigenvalue weighted by molar-refractivity contribution is 5.73. The first kappa shape index (κ1) is 21.8. The molecule has 0 atom stereocenters. The minimum atomic E-state index is -0.914. The van der Waals surface area contributed by atoms with E-state index in [1.165, 1.54) is 41.0 Å². The van der Waals surface area contributed by atoms with Crippen molar-refractivity contribution in [2.24, 2.45) is 0 Å². The summed E-state index contributed by atoms with van der Waals surface area (Å²) < 4.78 is 10.5. The largest absolute Gasteiger partial charge is 0.519 e. The van der Waals surface area contributed by atoms with Gasteiger partial charge in [-0.25, -0.2) is 4.79 Å². The van der Waals surface area contributed by atoms with Crippen LogP contribution in [-0.2, 0) is 0 Å². The van der Waals surface area contributed by atoms with Crippen molar-refractivity contribution >= 4 is 24.0 Å². The lowest BCUT2D eigenvalue weighted by Gasteiger charge is -2.09. The Labute approximate surface area is 180 Å². The monoisotopic (exact) mass is 417 g/mol. The Balaban J connectivity index is 1.72. The van der Waals surface area contributed by atoms with E-state index < -0.39 is 11.1 Å². The predicted molar refractivity (Wildman–Crippen MR) is 121 cm³/mol. The van der Waals surface area contributed by atoms with Crippen LogP contribution in [0.3, 0.4) is 0 Å². The number of nitro benzene ring substituents is 1. The summed E-state index contributed by atoms with van der Waals surface area (Å²) in [6, 6.07) is 15.0. The van der Waals surface area contributed by atoms with Gasteiger partial charge in [-0.15, -0.1) is 0 Å². The third kappa shape index (κ3) is 5.57. The summed E-state index contributed by atoms with van der Waals surface area (Å²) in [6.07, 6.45) is 3.06. The van der Waals surface area contributed by atoms with Crippen LogP contribution in [0.1, 0.15) is 33.4 Å². The molecule has 0 fully saturated rings. The average Bonchev–Trinajstić information content (AvgIpc) is 2.72. The highest BCUT2D eigenvalue weighted by Gasteiger charge is 2.12. The summed E-state index contributed by atoms with van der Waals surface area (Å²) in [5.74, 6) is 0.541. The lowest BCUT2D eigenvalue weighted by atomic mass is 10.00. The van der Waals surface area contributed by atoms with Crippen LogP contribution in [0.2, 0.25) is 0 Å². The van der Waals surface area contributed by atoms with Gasteiger partial charge in [0.25, 0.3) is 5.69 Å². The molecule has 0 aliphatic rings. The number of aryl methyl sites for hydroxylation is 3. The molecule has 3 aromatic rings. The first-order chi connectivity index (χ1) is 14.7. The van der Waals surface area contributed by atoms with Gasteiger partial charge in [0.1, 0.15) is 11.5 Å². The summed E-state index contributed by atoms with van der Waals surface area (Å²) in [5, 5.41) is 10.7. The van der Waals surface area contributed by atoms with Crippen LogP contribution in [0.4, 0.5) is 10.5 Å². The van der Waals surface area contributed by atoms with Crippen LogP contribution in [0, 0.1) is 37.8 Å². The van der Waals surface area contributed by atoms with Gasteiger partial charge in [-0.2, -0.15) is 0 Å². The Hall–Kier alpha value is -3.93. The summed E-state index contributed by atoms with van der Waals surface area (Å²) >= 11 is 0. The Morgan fingerprint density at radius 3 is 2.03 bits per heavy atom. The minimum Gasteiger partial charge on any atom is -0.395 e. The van der Waals surface area contributed by atoms with Gasteiger partial charge in [-0.05, 0) is 79.3 Å². The number of rotatable bonds is 5. The molecule has 3 rings (SSSR count). The second kappa shape index (κ2) is 9.26. The minimum absolute atomic E-state index is 0.0879. The van der Waals surface area contributed by atoms with Gasteiger partial charge in [0.2, 0.25) is 0 Å². The maximum absolute atomic E-state index is 12.2. The number of benzene rings is 3. The molecular formula is C25H23NO5. The van der Waals surface area contributed by atoms with Crippen LogP contribution in [0.5, 0.6) is 11.5 Å². The maximum Gasteiger partial charge on any atom is 0.519 e. The number of nitro groups is 1. The lowest BCUT2D eigenvalue weighted by Crippen LogP contribution is -2.14. The number of non-ortho nitro benzene ring substituents is 1. The second-order valence-electron chi connectivity index (χ2n) is 7.34. The van der Waals surface area contributed by atoms with Crippen LogP contribution in [0.25, 0.3) is 12.2 Å². The Kier molecular flexibility index (Phi) is 6.50. The summed E-state index contributed by atoms with van der Waals surface area (Å²) in [4.78, 5) is 22.3. The van der Waals surface area contributed by atoms with E-state index in [2.05, 4.69) is 32.9 Å². The van der Waals surface area contributed by atoms with E-state index in [0.29, 0.717) is 5.75 Å². The van der Waals surface area contributed by atoms with E-state index in [0.717, 1.165) is 16.7 Å². The fourth-order valence-corrected chi connectivity index (χ4v) is 3.03. The molecule has 0 aliphatic heterocycles. The standard InChI is InChI=1S/C25H23NO5/c1-16-5-6-20(7-8-21-13-17(2)19(4)18(3)14-21)15-24(16)31-25(27)30-23-11-9-22(10-12-23)26(28)29/h5-15H,1-4H3/b8-7-. The molecule has 0 aliphatic carbocycles. The molecule has 0 spiro atoms. The van der Waals surface area contributed by atoms with E-state index in [9.17, 15) is 14.9 Å². The number of hydrogen-bond donors (Lipinski definition) is 0. The molecular weight excluding hydrogens is 394 g/mol. The molecule has 0 saturated heterocycles. The van der Waals surface area contributed by atoms with Crippen molar-refractivity contribution in [2.75, 3.05) is 0 Å². The zero-order valence-electron chi connectivity index (χ0n) is 17.8. The van der Waals surface area contributed by atoms with Gasteiger partial charge in [-0.1, -0.05) is 36.4 Å². The fraction of sp³-hybridized carbons (Fsp3) is 0.160. The van der Waals surface area contributed by atoms with Crippen molar-refractivity contribution in [3.05, 3.63) is 98.1 Å². The third-order valence-electron chi connectivity index (χ3n) is 5.07. The predicted octanol–water partition coefficient (Wildman–Crippen LogP) is 6.58. The van der Waals surface area contributed by atoms with Gasteiger partial charge < -0.3 is 9.47 Å². The lowest BCUT2D eigenvalue weighted by molar-refractivity contribution is -0.384. The Bertz CT molecular complexity index is 1140. The van der Waals surface area contributed by atoms with Crippen molar-refractivity contribution in [3.8, 4) is 11.5 Å². The molecule has 0 N–H and O–H groups in total. The smallest absolute Gasteiger partial charge is 0.395 e. The van der Waals surface area contributed by atoms with Crippen molar-refractivity contribution in [2.45, 2.75) is 27.7 Å². The van der Waals surface area contributed by atoms with Crippen molar-refractivity contribution in [3.63, 3.8) is 0 Å². The van der Waals surface area contributed by atoms with E-state index >= 15 is 0 Å². The molecule has 0 amide bonds. The maximum atomic E-state index is 12.2. The van der Waals surface area contributed by atoms with Gasteiger partial charge in [0, 0.05) is 12.1 Å². The molecule has 0 radical (unpaired) electrons. The number of carbonyl (C=O) groups excluding carboxylic acids is 1. The molecule has 0 saturated carbocycles.